The van der Waals surface area contributed by atoms with Gasteiger partial charge in [0.25, 0.3) is 0 Å². The van der Waals surface area contributed by atoms with Crippen LogP contribution in [0.2, 0.25) is 0 Å². The normalized spacial score (nSPS) is 14.7. The number of carbonyl (C=O) groups is 1. The number of fused-ring (bicyclic) bond motifs is 1. The van der Waals surface area contributed by atoms with Crippen LogP contribution >= 0.6 is 0 Å². The number of aliphatic carboxylic acids is 1. The first-order chi connectivity index (χ1) is 13.2. The predicted octanol–water partition coefficient (Wildman–Crippen LogP) is 3.26. The van der Waals surface area contributed by atoms with Gasteiger partial charge in [-0.1, -0.05) is 12.1 Å². The smallest absolute Gasteiger partial charge is 0.323 e. The van der Waals surface area contributed by atoms with Crippen LogP contribution < -0.4 is 4.74 Å². The molecule has 140 valence electrons. The van der Waals surface area contributed by atoms with Crippen LogP contribution in [0.25, 0.3) is 22.4 Å². The molecule has 0 spiro atoms. The number of para-hydroxylation sites is 2. The summed E-state index contributed by atoms with van der Waals surface area (Å²) >= 11 is 0. The summed E-state index contributed by atoms with van der Waals surface area (Å²) in [4.78, 5) is 18.4. The lowest BCUT2D eigenvalue weighted by molar-refractivity contribution is -0.137. The van der Waals surface area contributed by atoms with E-state index >= 15 is 0 Å². The Morgan fingerprint density at radius 1 is 1.07 bits per heavy atom. The maximum Gasteiger partial charge on any atom is 0.323 e. The Morgan fingerprint density at radius 3 is 2.56 bits per heavy atom. The fourth-order valence-electron chi connectivity index (χ4n) is 3.59. The molecular weight excluding hydrogens is 342 g/mol. The van der Waals surface area contributed by atoms with Crippen LogP contribution in [0.5, 0.6) is 5.75 Å². The Morgan fingerprint density at radius 2 is 1.81 bits per heavy atom. The zero-order chi connectivity index (χ0) is 18.6. The van der Waals surface area contributed by atoms with Crippen LogP contribution in [0.1, 0.15) is 12.8 Å². The van der Waals surface area contributed by atoms with E-state index in [1.54, 1.807) is 4.57 Å². The van der Waals surface area contributed by atoms with Crippen LogP contribution in [-0.4, -0.2) is 51.8 Å². The molecule has 1 aliphatic rings. The molecule has 3 aromatic rings. The first kappa shape index (κ1) is 17.5. The Balaban J connectivity index is 1.52. The summed E-state index contributed by atoms with van der Waals surface area (Å²) in [7, 11) is 0. The van der Waals surface area contributed by atoms with Crippen LogP contribution in [0.3, 0.4) is 0 Å². The topological polar surface area (TPSA) is 67.6 Å². The van der Waals surface area contributed by atoms with Crippen molar-refractivity contribution in [2.75, 3.05) is 26.2 Å². The van der Waals surface area contributed by atoms with E-state index in [2.05, 4.69) is 9.88 Å². The van der Waals surface area contributed by atoms with Crippen LogP contribution in [0.4, 0.5) is 0 Å². The van der Waals surface area contributed by atoms with Gasteiger partial charge in [0, 0.05) is 12.1 Å². The van der Waals surface area contributed by atoms with Gasteiger partial charge in [-0.25, -0.2) is 4.98 Å². The number of aromatic nitrogens is 2. The number of rotatable bonds is 7. The fraction of sp³-hybridized carbons (Fsp3) is 0.333. The van der Waals surface area contributed by atoms with Crippen molar-refractivity contribution < 1.29 is 14.6 Å². The third-order valence-corrected chi connectivity index (χ3v) is 4.94. The minimum atomic E-state index is -0.888. The highest BCUT2D eigenvalue weighted by Crippen LogP contribution is 2.26. The second kappa shape index (κ2) is 7.80. The molecule has 1 aromatic heterocycles. The molecular formula is C21H23N3O3. The van der Waals surface area contributed by atoms with Crippen molar-refractivity contribution in [3.8, 4) is 17.1 Å². The monoisotopic (exact) mass is 365 g/mol. The minimum Gasteiger partial charge on any atom is -0.492 e. The lowest BCUT2D eigenvalue weighted by atomic mass is 10.2. The molecule has 2 heterocycles. The third kappa shape index (κ3) is 3.95. The number of likely N-dealkylation sites (tertiary alicyclic amines) is 1. The van der Waals surface area contributed by atoms with Crippen molar-refractivity contribution in [3.05, 3.63) is 48.5 Å². The van der Waals surface area contributed by atoms with E-state index in [1.807, 2.05) is 48.5 Å². The highest BCUT2D eigenvalue weighted by molar-refractivity contribution is 5.82. The lowest BCUT2D eigenvalue weighted by Gasteiger charge is -2.15. The second-order valence-corrected chi connectivity index (χ2v) is 6.83. The quantitative estimate of drug-likeness (QED) is 0.696. The van der Waals surface area contributed by atoms with E-state index in [4.69, 9.17) is 4.74 Å². The van der Waals surface area contributed by atoms with E-state index in [0.717, 1.165) is 28.9 Å². The number of carboxylic acid groups (broad SMARTS) is 1. The predicted molar refractivity (Wildman–Crippen MR) is 104 cm³/mol. The average Bonchev–Trinajstić information content (AvgIpc) is 3.31. The molecule has 2 aromatic carbocycles. The molecule has 0 aliphatic carbocycles. The summed E-state index contributed by atoms with van der Waals surface area (Å²) in [6.45, 7) is 3.85. The van der Waals surface area contributed by atoms with E-state index in [9.17, 15) is 9.90 Å². The van der Waals surface area contributed by atoms with Crippen molar-refractivity contribution in [3.63, 3.8) is 0 Å². The summed E-state index contributed by atoms with van der Waals surface area (Å²) in [6, 6.07) is 15.3. The second-order valence-electron chi connectivity index (χ2n) is 6.83. The highest BCUT2D eigenvalue weighted by atomic mass is 16.5. The number of hydrogen-bond donors (Lipinski definition) is 1. The number of nitrogens with zero attached hydrogens (tertiary/aromatic N) is 3. The molecule has 6 nitrogen and oxygen atoms in total. The summed E-state index contributed by atoms with van der Waals surface area (Å²) in [5.41, 5.74) is 2.49. The number of benzene rings is 2. The molecule has 0 radical (unpaired) electrons. The highest BCUT2D eigenvalue weighted by Gasteiger charge is 2.15. The molecule has 1 fully saturated rings. The van der Waals surface area contributed by atoms with E-state index < -0.39 is 5.97 Å². The fourth-order valence-corrected chi connectivity index (χ4v) is 3.59. The van der Waals surface area contributed by atoms with Crippen LogP contribution in [-0.2, 0) is 11.3 Å². The van der Waals surface area contributed by atoms with Gasteiger partial charge < -0.3 is 14.4 Å². The lowest BCUT2D eigenvalue weighted by Crippen LogP contribution is -2.25. The molecule has 0 amide bonds. The van der Waals surface area contributed by atoms with Crippen molar-refractivity contribution in [1.82, 2.24) is 14.5 Å². The summed E-state index contributed by atoms with van der Waals surface area (Å²) in [6.07, 6.45) is 2.57. The zero-order valence-corrected chi connectivity index (χ0v) is 15.2. The Labute approximate surface area is 158 Å². The molecule has 0 bridgehead atoms. The van der Waals surface area contributed by atoms with Gasteiger partial charge >= 0.3 is 5.97 Å². The van der Waals surface area contributed by atoms with Gasteiger partial charge in [0.05, 0.1) is 11.0 Å². The molecule has 6 heteroatoms. The van der Waals surface area contributed by atoms with Crippen molar-refractivity contribution in [2.24, 2.45) is 0 Å². The summed E-state index contributed by atoms with van der Waals surface area (Å²) in [5, 5.41) is 9.27. The zero-order valence-electron chi connectivity index (χ0n) is 15.2. The Hall–Kier alpha value is -2.86. The first-order valence-corrected chi connectivity index (χ1v) is 9.33. The van der Waals surface area contributed by atoms with Crippen molar-refractivity contribution in [2.45, 2.75) is 19.4 Å². The van der Waals surface area contributed by atoms with Gasteiger partial charge in [-0.3, -0.25) is 9.69 Å². The molecule has 1 N–H and O–H groups in total. The molecule has 27 heavy (non-hydrogen) atoms. The van der Waals surface area contributed by atoms with Crippen molar-refractivity contribution >= 4 is 17.0 Å². The number of imidazole rings is 1. The van der Waals surface area contributed by atoms with E-state index in [0.29, 0.717) is 12.4 Å². The van der Waals surface area contributed by atoms with Gasteiger partial charge in [-0.05, 0) is 62.3 Å². The molecule has 0 atom stereocenters. The average molecular weight is 365 g/mol. The largest absolute Gasteiger partial charge is 0.492 e. The van der Waals surface area contributed by atoms with Crippen LogP contribution in [0.15, 0.2) is 48.5 Å². The van der Waals surface area contributed by atoms with Gasteiger partial charge in [0.1, 0.15) is 24.7 Å². The van der Waals surface area contributed by atoms with Gasteiger partial charge in [-0.2, -0.15) is 0 Å². The summed E-state index contributed by atoms with van der Waals surface area (Å²) in [5.74, 6) is 0.585. The molecule has 1 aliphatic heterocycles. The Kier molecular flexibility index (Phi) is 5.07. The van der Waals surface area contributed by atoms with E-state index in [-0.39, 0.29) is 6.54 Å². The molecule has 1 saturated heterocycles. The van der Waals surface area contributed by atoms with E-state index in [1.165, 1.54) is 25.9 Å². The molecule has 4 rings (SSSR count). The first-order valence-electron chi connectivity index (χ1n) is 9.33. The standard InChI is InChI=1S/C21H23N3O3/c25-20(26)15-24-19-6-2-1-5-18(19)22-21(24)16-7-9-17(10-8-16)27-14-13-23-11-3-4-12-23/h1-2,5-10H,3-4,11-15H2,(H,25,26). The Bertz CT molecular complexity index is 927. The van der Waals surface area contributed by atoms with Crippen LogP contribution in [0, 0.1) is 0 Å². The van der Waals surface area contributed by atoms with Gasteiger partial charge in [0.2, 0.25) is 0 Å². The number of carboxylic acids is 1. The molecule has 0 unspecified atom stereocenters. The SMILES string of the molecule is O=C(O)Cn1c(-c2ccc(OCCN3CCCC3)cc2)nc2ccccc21. The molecule has 0 saturated carbocycles. The number of hydrogen-bond acceptors (Lipinski definition) is 4. The van der Waals surface area contributed by atoms with Gasteiger partial charge in [0.15, 0.2) is 0 Å². The third-order valence-electron chi connectivity index (χ3n) is 4.94. The van der Waals surface area contributed by atoms with Crippen molar-refractivity contribution in [1.29, 1.82) is 0 Å². The maximum absolute atomic E-state index is 11.3. The minimum absolute atomic E-state index is 0.121. The number of ether oxygens (including phenoxy) is 1. The summed E-state index contributed by atoms with van der Waals surface area (Å²) < 4.78 is 7.59. The van der Waals surface area contributed by atoms with Gasteiger partial charge in [-0.15, -0.1) is 0 Å². The maximum atomic E-state index is 11.3.